The Labute approximate surface area is 199 Å². The number of hydrogen-bond acceptors (Lipinski definition) is 7. The predicted molar refractivity (Wildman–Crippen MR) is 126 cm³/mol. The van der Waals surface area contributed by atoms with Crippen molar-refractivity contribution in [1.29, 1.82) is 0 Å². The minimum absolute atomic E-state index is 0.173. The maximum atomic E-state index is 12.8. The Morgan fingerprint density at radius 1 is 1.21 bits per heavy atom. The number of hydrogen-bond donors (Lipinski definition) is 1. The standard InChI is InChI=1S/C22H22ClN7O2S/c23-15-8-9-18(29-14-24-13-25-29)17(11-15)26-20(31)12-33-22-28-27-21(19-7-4-10-32-19)30(22)16-5-2-1-3-6-16/h4,7-11,13-14,16H,1-3,5-6,12H2,(H,26,31). The SMILES string of the molecule is O=C(CSc1nnc(-c2ccco2)n1C1CCCCC1)Nc1cc(Cl)ccc1-n1cncn1. The summed E-state index contributed by atoms with van der Waals surface area (Å²) in [5.41, 5.74) is 1.24. The summed E-state index contributed by atoms with van der Waals surface area (Å²) in [5.74, 6) is 1.38. The third-order valence-corrected chi connectivity index (χ3v) is 6.75. The zero-order valence-electron chi connectivity index (χ0n) is 17.7. The number of aromatic nitrogens is 6. The van der Waals surface area contributed by atoms with Gasteiger partial charge in [0.1, 0.15) is 12.7 Å². The molecule has 33 heavy (non-hydrogen) atoms. The van der Waals surface area contributed by atoms with Gasteiger partial charge in [-0.2, -0.15) is 5.10 Å². The second kappa shape index (κ2) is 9.80. The molecule has 0 spiro atoms. The monoisotopic (exact) mass is 483 g/mol. The number of carbonyl (C=O) groups is 1. The summed E-state index contributed by atoms with van der Waals surface area (Å²) in [6, 6.07) is 9.25. The molecule has 1 saturated carbocycles. The van der Waals surface area contributed by atoms with Gasteiger partial charge in [0.2, 0.25) is 11.7 Å². The van der Waals surface area contributed by atoms with E-state index in [0.29, 0.717) is 39.2 Å². The Balaban J connectivity index is 1.34. The zero-order valence-corrected chi connectivity index (χ0v) is 19.3. The van der Waals surface area contributed by atoms with Gasteiger partial charge in [-0.3, -0.25) is 9.36 Å². The van der Waals surface area contributed by atoms with Crippen LogP contribution in [0.1, 0.15) is 38.1 Å². The van der Waals surface area contributed by atoms with Crippen LogP contribution < -0.4 is 5.32 Å². The first-order valence-corrected chi connectivity index (χ1v) is 12.1. The van der Waals surface area contributed by atoms with Crippen LogP contribution in [0.15, 0.2) is 58.8 Å². The molecule has 5 rings (SSSR count). The Bertz CT molecular complexity index is 1220. The van der Waals surface area contributed by atoms with Crippen molar-refractivity contribution in [2.45, 2.75) is 43.3 Å². The van der Waals surface area contributed by atoms with Crippen molar-refractivity contribution in [1.82, 2.24) is 29.5 Å². The molecular formula is C22H22ClN7O2S. The number of carbonyl (C=O) groups excluding carboxylic acids is 1. The molecule has 1 N–H and O–H groups in total. The van der Waals surface area contributed by atoms with Crippen LogP contribution in [-0.2, 0) is 4.79 Å². The van der Waals surface area contributed by atoms with Gasteiger partial charge in [0.25, 0.3) is 0 Å². The van der Waals surface area contributed by atoms with Gasteiger partial charge in [-0.05, 0) is 43.2 Å². The fraction of sp³-hybridized carbons (Fsp3) is 0.318. The van der Waals surface area contributed by atoms with Crippen LogP contribution in [0.5, 0.6) is 0 Å². The van der Waals surface area contributed by atoms with Crippen LogP contribution in [0.3, 0.4) is 0 Å². The summed E-state index contributed by atoms with van der Waals surface area (Å²) >= 11 is 7.52. The van der Waals surface area contributed by atoms with E-state index >= 15 is 0 Å². The molecule has 11 heteroatoms. The van der Waals surface area contributed by atoms with Crippen LogP contribution in [0.2, 0.25) is 5.02 Å². The molecule has 1 aliphatic rings. The molecule has 3 heterocycles. The van der Waals surface area contributed by atoms with Crippen molar-refractivity contribution >= 4 is 35.0 Å². The van der Waals surface area contributed by atoms with E-state index in [0.717, 1.165) is 12.8 Å². The third-order valence-electron chi connectivity index (χ3n) is 5.58. The maximum absolute atomic E-state index is 12.8. The number of halogens is 1. The molecule has 0 saturated heterocycles. The second-order valence-electron chi connectivity index (χ2n) is 7.78. The van der Waals surface area contributed by atoms with E-state index in [9.17, 15) is 4.79 Å². The van der Waals surface area contributed by atoms with E-state index < -0.39 is 0 Å². The first-order chi connectivity index (χ1) is 16.2. The predicted octanol–water partition coefficient (Wildman–Crippen LogP) is 5.01. The fourth-order valence-electron chi connectivity index (χ4n) is 4.07. The summed E-state index contributed by atoms with van der Waals surface area (Å²) in [5, 5.41) is 17.1. The first-order valence-electron chi connectivity index (χ1n) is 10.7. The molecule has 1 aliphatic carbocycles. The number of thioether (sulfide) groups is 1. The van der Waals surface area contributed by atoms with Crippen molar-refractivity contribution in [3.05, 3.63) is 54.3 Å². The Morgan fingerprint density at radius 2 is 2.09 bits per heavy atom. The molecule has 0 atom stereocenters. The highest BCUT2D eigenvalue weighted by Crippen LogP contribution is 2.35. The number of nitrogens with zero attached hydrogens (tertiary/aromatic N) is 6. The quantitative estimate of drug-likeness (QED) is 0.368. The van der Waals surface area contributed by atoms with E-state index in [1.807, 2.05) is 12.1 Å². The molecule has 0 aliphatic heterocycles. The summed E-state index contributed by atoms with van der Waals surface area (Å²) < 4.78 is 9.30. The Hall–Kier alpha value is -3.11. The number of furan rings is 1. The van der Waals surface area contributed by atoms with Crippen LogP contribution >= 0.6 is 23.4 Å². The average Bonchev–Trinajstić information content (AvgIpc) is 3.60. The van der Waals surface area contributed by atoms with Gasteiger partial charge in [0.05, 0.1) is 23.4 Å². The lowest BCUT2D eigenvalue weighted by molar-refractivity contribution is -0.113. The lowest BCUT2D eigenvalue weighted by Crippen LogP contribution is -2.18. The highest BCUT2D eigenvalue weighted by molar-refractivity contribution is 7.99. The molecular weight excluding hydrogens is 462 g/mol. The topological polar surface area (TPSA) is 104 Å². The molecule has 0 radical (unpaired) electrons. The lowest BCUT2D eigenvalue weighted by atomic mass is 9.95. The normalized spacial score (nSPS) is 14.5. The van der Waals surface area contributed by atoms with Gasteiger partial charge >= 0.3 is 0 Å². The van der Waals surface area contributed by atoms with E-state index in [-0.39, 0.29) is 11.7 Å². The average molecular weight is 484 g/mol. The molecule has 1 amide bonds. The minimum atomic E-state index is -0.179. The van der Waals surface area contributed by atoms with Gasteiger partial charge in [0, 0.05) is 11.1 Å². The van der Waals surface area contributed by atoms with Crippen LogP contribution in [0.4, 0.5) is 5.69 Å². The largest absolute Gasteiger partial charge is 0.461 e. The molecule has 0 bridgehead atoms. The number of benzene rings is 1. The van der Waals surface area contributed by atoms with E-state index in [2.05, 4.69) is 30.2 Å². The van der Waals surface area contributed by atoms with Crippen molar-refractivity contribution in [2.75, 3.05) is 11.1 Å². The highest BCUT2D eigenvalue weighted by Gasteiger charge is 2.25. The summed E-state index contributed by atoms with van der Waals surface area (Å²) in [7, 11) is 0. The molecule has 3 aromatic heterocycles. The van der Waals surface area contributed by atoms with Gasteiger partial charge in [0.15, 0.2) is 10.9 Å². The Morgan fingerprint density at radius 3 is 2.85 bits per heavy atom. The Kier molecular flexibility index (Phi) is 6.45. The lowest BCUT2D eigenvalue weighted by Gasteiger charge is -2.25. The number of anilines is 1. The maximum Gasteiger partial charge on any atom is 0.234 e. The number of amides is 1. The molecule has 9 nitrogen and oxygen atoms in total. The molecule has 1 fully saturated rings. The molecule has 4 aromatic rings. The van der Waals surface area contributed by atoms with E-state index in [1.165, 1.54) is 37.4 Å². The van der Waals surface area contributed by atoms with Gasteiger partial charge in [-0.1, -0.05) is 42.6 Å². The summed E-state index contributed by atoms with van der Waals surface area (Å²) in [6.45, 7) is 0. The van der Waals surface area contributed by atoms with Gasteiger partial charge in [-0.15, -0.1) is 10.2 Å². The molecule has 170 valence electrons. The second-order valence-corrected chi connectivity index (χ2v) is 9.16. The summed E-state index contributed by atoms with van der Waals surface area (Å²) in [4.78, 5) is 16.8. The fourth-order valence-corrected chi connectivity index (χ4v) is 5.05. The van der Waals surface area contributed by atoms with Crippen LogP contribution in [0.25, 0.3) is 17.3 Å². The van der Waals surface area contributed by atoms with Crippen LogP contribution in [-0.4, -0.2) is 41.2 Å². The number of nitrogens with one attached hydrogen (secondary N) is 1. The third kappa shape index (κ3) is 4.81. The van der Waals surface area contributed by atoms with Crippen molar-refractivity contribution in [3.8, 4) is 17.3 Å². The van der Waals surface area contributed by atoms with Crippen molar-refractivity contribution in [3.63, 3.8) is 0 Å². The summed E-state index contributed by atoms with van der Waals surface area (Å²) in [6.07, 6.45) is 10.3. The highest BCUT2D eigenvalue weighted by atomic mass is 35.5. The number of rotatable bonds is 7. The van der Waals surface area contributed by atoms with Crippen molar-refractivity contribution < 1.29 is 9.21 Å². The van der Waals surface area contributed by atoms with E-state index in [4.69, 9.17) is 16.0 Å². The van der Waals surface area contributed by atoms with E-state index in [1.54, 1.807) is 35.5 Å². The zero-order chi connectivity index (χ0) is 22.6. The first kappa shape index (κ1) is 21.7. The molecule has 0 unspecified atom stereocenters. The van der Waals surface area contributed by atoms with Gasteiger partial charge < -0.3 is 9.73 Å². The van der Waals surface area contributed by atoms with Gasteiger partial charge in [-0.25, -0.2) is 9.67 Å². The van der Waals surface area contributed by atoms with Crippen molar-refractivity contribution in [2.24, 2.45) is 0 Å². The van der Waals surface area contributed by atoms with Crippen LogP contribution in [0, 0.1) is 0 Å². The molecule has 1 aromatic carbocycles. The smallest absolute Gasteiger partial charge is 0.234 e. The minimum Gasteiger partial charge on any atom is -0.461 e.